The predicted octanol–water partition coefficient (Wildman–Crippen LogP) is 4.90. The Morgan fingerprint density at radius 3 is 2.84 bits per heavy atom. The number of aryl methyl sites for hydroxylation is 1. The van der Waals surface area contributed by atoms with Crippen molar-refractivity contribution in [2.24, 2.45) is 0 Å². The maximum Gasteiger partial charge on any atom is 0.330 e. The molecule has 25 heavy (non-hydrogen) atoms. The summed E-state index contributed by atoms with van der Waals surface area (Å²) in [4.78, 5) is 15.6. The summed E-state index contributed by atoms with van der Waals surface area (Å²) in [6.45, 7) is 4.31. The first-order chi connectivity index (χ1) is 12.0. The monoisotopic (exact) mass is 361 g/mol. The maximum absolute atomic E-state index is 11.6. The number of aromatic hydroxyl groups is 1. The van der Waals surface area contributed by atoms with Crippen molar-refractivity contribution in [3.05, 3.63) is 52.7 Å². The quantitative estimate of drug-likeness (QED) is 0.431. The van der Waals surface area contributed by atoms with Crippen LogP contribution in [0.25, 0.3) is 6.08 Å². The Morgan fingerprint density at radius 1 is 1.36 bits per heavy atom. The molecule has 6 heteroatoms. The number of hydrogen-bond donors (Lipinski definition) is 1. The minimum Gasteiger partial charge on any atom is -0.506 e. The van der Waals surface area contributed by atoms with Crippen molar-refractivity contribution in [1.29, 1.82) is 0 Å². The number of benzene rings is 1. The van der Waals surface area contributed by atoms with E-state index in [2.05, 4.69) is 4.98 Å². The van der Waals surface area contributed by atoms with Gasteiger partial charge >= 0.3 is 5.97 Å². The molecule has 0 aliphatic heterocycles. The number of ether oxygens (including phenoxy) is 2. The summed E-state index contributed by atoms with van der Waals surface area (Å²) in [5, 5.41) is 9.69. The van der Waals surface area contributed by atoms with Crippen LogP contribution in [0, 0.1) is 6.92 Å². The fourth-order valence-electron chi connectivity index (χ4n) is 1.99. The van der Waals surface area contributed by atoms with Crippen molar-refractivity contribution >= 4 is 23.6 Å². The molecule has 1 aromatic carbocycles. The lowest BCUT2D eigenvalue weighted by molar-refractivity contribution is -0.137. The van der Waals surface area contributed by atoms with Gasteiger partial charge in [0.05, 0.1) is 17.8 Å². The van der Waals surface area contributed by atoms with Crippen LogP contribution in [0.3, 0.4) is 0 Å². The molecule has 1 N–H and O–H groups in total. The Morgan fingerprint density at radius 2 is 2.16 bits per heavy atom. The summed E-state index contributed by atoms with van der Waals surface area (Å²) >= 11 is 6.26. The predicted molar refractivity (Wildman–Crippen MR) is 97.1 cm³/mol. The van der Waals surface area contributed by atoms with Gasteiger partial charge in [0.1, 0.15) is 11.5 Å². The van der Waals surface area contributed by atoms with E-state index in [1.807, 2.05) is 19.9 Å². The molecule has 0 bridgehead atoms. The molecule has 0 unspecified atom stereocenters. The number of hydrogen-bond acceptors (Lipinski definition) is 5. The lowest BCUT2D eigenvalue weighted by Crippen LogP contribution is -2.01. The highest BCUT2D eigenvalue weighted by Gasteiger charge is 2.08. The molecule has 0 radical (unpaired) electrons. The van der Waals surface area contributed by atoms with Crippen molar-refractivity contribution in [2.75, 3.05) is 6.61 Å². The second kappa shape index (κ2) is 9.08. The lowest BCUT2D eigenvalue weighted by atomic mass is 10.1. The van der Waals surface area contributed by atoms with Crippen LogP contribution >= 0.6 is 11.6 Å². The van der Waals surface area contributed by atoms with Crippen molar-refractivity contribution < 1.29 is 19.4 Å². The normalized spacial score (nSPS) is 10.8. The third kappa shape index (κ3) is 5.80. The zero-order chi connectivity index (χ0) is 18.2. The second-order valence-electron chi connectivity index (χ2n) is 5.45. The van der Waals surface area contributed by atoms with E-state index in [1.54, 1.807) is 18.2 Å². The highest BCUT2D eigenvalue weighted by molar-refractivity contribution is 6.32. The molecule has 0 fully saturated rings. The summed E-state index contributed by atoms with van der Waals surface area (Å²) < 4.78 is 10.7. The van der Waals surface area contributed by atoms with E-state index in [0.717, 1.165) is 18.4 Å². The molecular weight excluding hydrogens is 342 g/mol. The van der Waals surface area contributed by atoms with E-state index in [4.69, 9.17) is 21.1 Å². The molecule has 0 amide bonds. The van der Waals surface area contributed by atoms with Gasteiger partial charge in [-0.15, -0.1) is 0 Å². The van der Waals surface area contributed by atoms with Crippen molar-refractivity contribution in [2.45, 2.75) is 26.7 Å². The number of halogens is 1. The zero-order valence-electron chi connectivity index (χ0n) is 14.2. The fourth-order valence-corrected chi connectivity index (χ4v) is 2.21. The van der Waals surface area contributed by atoms with E-state index in [0.29, 0.717) is 28.8 Å². The number of pyridine rings is 1. The molecule has 0 saturated carbocycles. The van der Waals surface area contributed by atoms with Gasteiger partial charge in [-0.2, -0.15) is 0 Å². The van der Waals surface area contributed by atoms with E-state index >= 15 is 0 Å². The molecular formula is C19H20ClNO4. The van der Waals surface area contributed by atoms with Gasteiger partial charge in [0.25, 0.3) is 0 Å². The Bertz CT molecular complexity index is 757. The first-order valence-corrected chi connectivity index (χ1v) is 8.35. The summed E-state index contributed by atoms with van der Waals surface area (Å²) in [6, 6.07) is 6.52. The molecule has 132 valence electrons. The largest absolute Gasteiger partial charge is 0.506 e. The number of nitrogens with zero attached hydrogens (tertiary/aromatic N) is 1. The molecule has 5 nitrogen and oxygen atoms in total. The highest BCUT2D eigenvalue weighted by Crippen LogP contribution is 2.31. The maximum atomic E-state index is 11.6. The summed E-state index contributed by atoms with van der Waals surface area (Å²) in [6.07, 6.45) is 6.09. The van der Waals surface area contributed by atoms with Crippen LogP contribution in [0.2, 0.25) is 5.02 Å². The first kappa shape index (κ1) is 18.8. The van der Waals surface area contributed by atoms with Gasteiger partial charge in [-0.05, 0) is 42.7 Å². The van der Waals surface area contributed by atoms with Crippen LogP contribution in [0.5, 0.6) is 17.4 Å². The smallest absolute Gasteiger partial charge is 0.330 e. The van der Waals surface area contributed by atoms with Crippen LogP contribution in [0.15, 0.2) is 36.5 Å². The van der Waals surface area contributed by atoms with Gasteiger partial charge in [-0.25, -0.2) is 9.78 Å². The number of carbonyl (C=O) groups is 1. The molecule has 0 aliphatic carbocycles. The van der Waals surface area contributed by atoms with Crippen molar-refractivity contribution in [1.82, 2.24) is 4.98 Å². The first-order valence-electron chi connectivity index (χ1n) is 7.97. The number of rotatable bonds is 7. The zero-order valence-corrected chi connectivity index (χ0v) is 14.9. The average molecular weight is 362 g/mol. The van der Waals surface area contributed by atoms with Gasteiger partial charge < -0.3 is 14.6 Å². The number of esters is 1. The van der Waals surface area contributed by atoms with Gasteiger partial charge in [0.15, 0.2) is 0 Å². The van der Waals surface area contributed by atoms with E-state index < -0.39 is 5.97 Å². The topological polar surface area (TPSA) is 68.7 Å². The van der Waals surface area contributed by atoms with E-state index in [9.17, 15) is 9.90 Å². The molecule has 0 atom stereocenters. The van der Waals surface area contributed by atoms with Gasteiger partial charge in [-0.3, -0.25) is 0 Å². The lowest BCUT2D eigenvalue weighted by Gasteiger charge is -2.10. The number of carbonyl (C=O) groups excluding carboxylic acids is 1. The molecule has 0 saturated heterocycles. The van der Waals surface area contributed by atoms with Gasteiger partial charge in [0, 0.05) is 18.2 Å². The molecule has 1 aromatic heterocycles. The second-order valence-corrected chi connectivity index (χ2v) is 5.86. The Hall–Kier alpha value is -2.53. The number of unbranched alkanes of at least 4 members (excludes halogenated alkanes) is 1. The van der Waals surface area contributed by atoms with Crippen molar-refractivity contribution in [3.63, 3.8) is 0 Å². The fraction of sp³-hybridized carbons (Fsp3) is 0.263. The highest BCUT2D eigenvalue weighted by atomic mass is 35.5. The SMILES string of the molecule is CCCCOC(=O)/C=C/c1cc(C)c(Oc2ccc(O)cn2)cc1Cl. The van der Waals surface area contributed by atoms with E-state index in [1.165, 1.54) is 18.3 Å². The molecule has 0 aliphatic rings. The number of aromatic nitrogens is 1. The third-order valence-corrected chi connectivity index (χ3v) is 3.70. The third-order valence-electron chi connectivity index (χ3n) is 3.37. The minimum atomic E-state index is -0.393. The Labute approximate surface area is 151 Å². The summed E-state index contributed by atoms with van der Waals surface area (Å²) in [7, 11) is 0. The van der Waals surface area contributed by atoms with Crippen LogP contribution < -0.4 is 4.74 Å². The Balaban J connectivity index is 2.08. The van der Waals surface area contributed by atoms with Crippen LogP contribution in [0.1, 0.15) is 30.9 Å². The average Bonchev–Trinajstić information content (AvgIpc) is 2.59. The molecule has 0 spiro atoms. The van der Waals surface area contributed by atoms with Gasteiger partial charge in [-0.1, -0.05) is 24.9 Å². The van der Waals surface area contributed by atoms with Crippen LogP contribution in [-0.2, 0) is 9.53 Å². The van der Waals surface area contributed by atoms with Crippen molar-refractivity contribution in [3.8, 4) is 17.4 Å². The standard InChI is InChI=1S/C19H20ClNO4/c1-3-4-9-24-19(23)8-5-14-10-13(2)17(11-16(14)20)25-18-7-6-15(22)12-21-18/h5-8,10-12,22H,3-4,9H2,1-2H3/b8-5+. The van der Waals surface area contributed by atoms with Crippen LogP contribution in [0.4, 0.5) is 0 Å². The minimum absolute atomic E-state index is 0.0633. The summed E-state index contributed by atoms with van der Waals surface area (Å²) in [5.74, 6) is 0.565. The van der Waals surface area contributed by atoms with Gasteiger partial charge in [0.2, 0.25) is 5.88 Å². The van der Waals surface area contributed by atoms with E-state index in [-0.39, 0.29) is 5.75 Å². The molecule has 2 aromatic rings. The Kier molecular flexibility index (Phi) is 6.83. The summed E-state index contributed by atoms with van der Waals surface area (Å²) in [5.41, 5.74) is 1.52. The molecule has 1 heterocycles. The molecule has 2 rings (SSSR count). The van der Waals surface area contributed by atoms with Crippen LogP contribution in [-0.4, -0.2) is 22.7 Å².